The van der Waals surface area contributed by atoms with Gasteiger partial charge >= 0.3 is 11.9 Å². The summed E-state index contributed by atoms with van der Waals surface area (Å²) in [5.41, 5.74) is 0.487. The number of carboxylic acids is 2. The van der Waals surface area contributed by atoms with Crippen molar-refractivity contribution in [2.45, 2.75) is 12.1 Å². The molecule has 0 aliphatic heterocycles. The molecule has 4 N–H and O–H groups in total. The molecule has 0 saturated carbocycles. The van der Waals surface area contributed by atoms with Crippen molar-refractivity contribution in [3.05, 3.63) is 78.4 Å². The summed E-state index contributed by atoms with van der Waals surface area (Å²) in [7, 11) is 0. The first-order valence-corrected chi connectivity index (χ1v) is 8.21. The van der Waals surface area contributed by atoms with Crippen LogP contribution >= 0.6 is 0 Å². The summed E-state index contributed by atoms with van der Waals surface area (Å²) < 4.78 is 0. The lowest BCUT2D eigenvalue weighted by Crippen LogP contribution is -2.59. The fourth-order valence-corrected chi connectivity index (χ4v) is 2.52. The van der Waals surface area contributed by atoms with E-state index in [0.29, 0.717) is 12.2 Å². The van der Waals surface area contributed by atoms with Crippen molar-refractivity contribution >= 4 is 29.3 Å². The minimum Gasteiger partial charge on any atom is -0.478 e. The summed E-state index contributed by atoms with van der Waals surface area (Å²) in [5, 5.41) is 22.4. The lowest BCUT2D eigenvalue weighted by Gasteiger charge is -2.33. The topological polar surface area (TPSA) is 133 Å². The van der Waals surface area contributed by atoms with Crippen molar-refractivity contribution in [3.8, 4) is 0 Å². The van der Waals surface area contributed by atoms with Gasteiger partial charge in [0.25, 0.3) is 0 Å². The Morgan fingerprint density at radius 1 is 0.857 bits per heavy atom. The molecule has 1 aromatic rings. The zero-order valence-electron chi connectivity index (χ0n) is 14.7. The molecule has 0 spiro atoms. The summed E-state index contributed by atoms with van der Waals surface area (Å²) in [6.07, 6.45) is 8.25. The number of hydrogen-bond donors (Lipinski definition) is 4. The van der Waals surface area contributed by atoms with Gasteiger partial charge in [0.1, 0.15) is 5.66 Å². The molecule has 1 aliphatic rings. The Bertz CT molecular complexity index is 859. The van der Waals surface area contributed by atoms with Gasteiger partial charge in [0.05, 0.1) is 0 Å². The number of rotatable bonds is 7. The Labute approximate surface area is 160 Å². The molecular weight excluding hydrogens is 364 g/mol. The number of carboxylic acid groups (broad SMARTS) is 2. The molecular formula is C20H18N2O6. The van der Waals surface area contributed by atoms with Crippen LogP contribution < -0.4 is 10.6 Å². The van der Waals surface area contributed by atoms with E-state index in [0.717, 1.165) is 23.3 Å². The van der Waals surface area contributed by atoms with Gasteiger partial charge in [-0.3, -0.25) is 9.59 Å². The van der Waals surface area contributed by atoms with E-state index < -0.39 is 29.4 Å². The van der Waals surface area contributed by atoms with E-state index in [2.05, 4.69) is 10.6 Å². The van der Waals surface area contributed by atoms with E-state index in [4.69, 9.17) is 10.2 Å². The van der Waals surface area contributed by atoms with Crippen molar-refractivity contribution in [2.75, 3.05) is 0 Å². The van der Waals surface area contributed by atoms with Gasteiger partial charge in [0, 0.05) is 30.7 Å². The summed E-state index contributed by atoms with van der Waals surface area (Å²) in [6.45, 7) is 0. The van der Waals surface area contributed by atoms with Crippen molar-refractivity contribution in [2.24, 2.45) is 0 Å². The molecule has 8 nitrogen and oxygen atoms in total. The number of carbonyl (C=O) groups is 4. The highest BCUT2D eigenvalue weighted by molar-refractivity contribution is 5.97. The Balaban J connectivity index is 2.23. The van der Waals surface area contributed by atoms with Crippen LogP contribution in [0.1, 0.15) is 12.0 Å². The summed E-state index contributed by atoms with van der Waals surface area (Å²) >= 11 is 0. The van der Waals surface area contributed by atoms with Gasteiger partial charge < -0.3 is 20.8 Å². The van der Waals surface area contributed by atoms with E-state index in [-0.39, 0.29) is 6.42 Å². The van der Waals surface area contributed by atoms with Crippen LogP contribution in [-0.4, -0.2) is 39.6 Å². The number of allylic oxidation sites excluding steroid dienone is 2. The molecule has 0 heterocycles. The Morgan fingerprint density at radius 3 is 1.82 bits per heavy atom. The lowest BCUT2D eigenvalue weighted by atomic mass is 9.92. The number of hydrogen-bond acceptors (Lipinski definition) is 4. The molecule has 1 aromatic carbocycles. The van der Waals surface area contributed by atoms with E-state index in [1.165, 1.54) is 0 Å². The third-order valence-electron chi connectivity index (χ3n) is 3.75. The maximum atomic E-state index is 12.0. The maximum absolute atomic E-state index is 12.0. The predicted octanol–water partition coefficient (Wildman–Crippen LogP) is 1.24. The second kappa shape index (κ2) is 9.13. The monoisotopic (exact) mass is 382 g/mol. The lowest BCUT2D eigenvalue weighted by molar-refractivity contribution is -0.132. The number of nitrogens with one attached hydrogen (secondary N) is 2. The van der Waals surface area contributed by atoms with Gasteiger partial charge in [-0.05, 0) is 17.2 Å². The fraction of sp³-hybridized carbons (Fsp3) is 0.100. The van der Waals surface area contributed by atoms with E-state index >= 15 is 0 Å². The quantitative estimate of drug-likeness (QED) is 0.414. The molecule has 144 valence electrons. The van der Waals surface area contributed by atoms with Crippen LogP contribution in [0.3, 0.4) is 0 Å². The van der Waals surface area contributed by atoms with Crippen LogP contribution in [0.5, 0.6) is 0 Å². The standard InChI is InChI=1S/C20H18N2O6/c23-16(6-8-18(25)26)21-20(22-17(24)7-9-19(27)28)12-10-15(11-13-20)14-4-2-1-3-5-14/h1-12H,13H2,(H,21,23)(H,22,24)(H,25,26)(H,27,28)/b8-6+,9-7+. The molecule has 0 aromatic heterocycles. The van der Waals surface area contributed by atoms with E-state index in [1.807, 2.05) is 30.3 Å². The smallest absolute Gasteiger partial charge is 0.328 e. The van der Waals surface area contributed by atoms with Gasteiger partial charge in [-0.25, -0.2) is 9.59 Å². The highest BCUT2D eigenvalue weighted by Crippen LogP contribution is 2.25. The SMILES string of the molecule is O=C(O)/C=C/C(=O)NC1(NC(=O)/C=C/C(=O)O)C=CC(c2ccccc2)=CC1. The third-order valence-corrected chi connectivity index (χ3v) is 3.75. The van der Waals surface area contributed by atoms with Gasteiger partial charge in [0.15, 0.2) is 0 Å². The molecule has 0 bridgehead atoms. The molecule has 28 heavy (non-hydrogen) atoms. The maximum Gasteiger partial charge on any atom is 0.328 e. The fourth-order valence-electron chi connectivity index (χ4n) is 2.52. The average molecular weight is 382 g/mol. The van der Waals surface area contributed by atoms with Gasteiger partial charge in [0.2, 0.25) is 11.8 Å². The minimum atomic E-state index is -1.34. The zero-order valence-corrected chi connectivity index (χ0v) is 14.7. The highest BCUT2D eigenvalue weighted by Gasteiger charge is 2.31. The second-order valence-electron chi connectivity index (χ2n) is 5.86. The molecule has 0 unspecified atom stereocenters. The average Bonchev–Trinajstić information content (AvgIpc) is 2.66. The number of benzene rings is 1. The number of carbonyl (C=O) groups excluding carboxylic acids is 2. The zero-order chi connectivity index (χ0) is 20.6. The molecule has 2 amide bonds. The van der Waals surface area contributed by atoms with Crippen molar-refractivity contribution in [3.63, 3.8) is 0 Å². The van der Waals surface area contributed by atoms with Crippen LogP contribution in [0.15, 0.2) is 72.9 Å². The first kappa shape index (κ1) is 20.4. The molecule has 1 aliphatic carbocycles. The first-order valence-electron chi connectivity index (χ1n) is 8.21. The number of amides is 2. The van der Waals surface area contributed by atoms with Crippen molar-refractivity contribution in [1.29, 1.82) is 0 Å². The highest BCUT2D eigenvalue weighted by atomic mass is 16.4. The Hall–Kier alpha value is -3.94. The van der Waals surface area contributed by atoms with Crippen LogP contribution in [0, 0.1) is 0 Å². The van der Waals surface area contributed by atoms with Crippen LogP contribution in [-0.2, 0) is 19.2 Å². The molecule has 0 radical (unpaired) electrons. The molecule has 2 rings (SSSR count). The van der Waals surface area contributed by atoms with Crippen molar-refractivity contribution in [1.82, 2.24) is 10.6 Å². The largest absolute Gasteiger partial charge is 0.478 e. The van der Waals surface area contributed by atoms with Crippen LogP contribution in [0.2, 0.25) is 0 Å². The van der Waals surface area contributed by atoms with Crippen LogP contribution in [0.25, 0.3) is 5.57 Å². The van der Waals surface area contributed by atoms with Crippen molar-refractivity contribution < 1.29 is 29.4 Å². The second-order valence-corrected chi connectivity index (χ2v) is 5.86. The third kappa shape index (κ3) is 6.10. The molecule has 0 saturated heterocycles. The Kier molecular flexibility index (Phi) is 6.64. The summed E-state index contributed by atoms with van der Waals surface area (Å²) in [6, 6.07) is 9.45. The van der Waals surface area contributed by atoms with Crippen LogP contribution in [0.4, 0.5) is 0 Å². The summed E-state index contributed by atoms with van der Waals surface area (Å²) in [4.78, 5) is 45.2. The predicted molar refractivity (Wildman–Crippen MR) is 101 cm³/mol. The summed E-state index contributed by atoms with van der Waals surface area (Å²) in [5.74, 6) is -4.04. The number of aliphatic carboxylic acids is 2. The minimum absolute atomic E-state index is 0.174. The van der Waals surface area contributed by atoms with Gasteiger partial charge in [-0.15, -0.1) is 0 Å². The first-order chi connectivity index (χ1) is 13.3. The van der Waals surface area contributed by atoms with Gasteiger partial charge in [-0.1, -0.05) is 42.5 Å². The molecule has 0 atom stereocenters. The van der Waals surface area contributed by atoms with Gasteiger partial charge in [-0.2, -0.15) is 0 Å². The van der Waals surface area contributed by atoms with E-state index in [1.54, 1.807) is 18.2 Å². The Morgan fingerprint density at radius 2 is 1.39 bits per heavy atom. The molecule has 0 fully saturated rings. The van der Waals surface area contributed by atoms with E-state index in [9.17, 15) is 19.2 Å². The molecule has 8 heteroatoms. The normalized spacial score (nSPS) is 15.2.